The Morgan fingerprint density at radius 2 is 2.18 bits per heavy atom. The predicted octanol–water partition coefficient (Wildman–Crippen LogP) is 4.32. The van der Waals surface area contributed by atoms with Crippen molar-refractivity contribution in [2.45, 2.75) is 45.3 Å². The molecule has 1 N–H and O–H groups in total. The fraction of sp³-hybridized carbons (Fsp3) is 0.476. The monoisotopic (exact) mass is 384 g/mol. The summed E-state index contributed by atoms with van der Waals surface area (Å²) in [6.07, 6.45) is 5.15. The Labute approximate surface area is 163 Å². The molecular formula is C21H24N2O5. The minimum atomic E-state index is -0.473. The van der Waals surface area contributed by atoms with E-state index in [0.717, 1.165) is 11.8 Å². The van der Waals surface area contributed by atoms with Gasteiger partial charge in [-0.3, -0.25) is 14.9 Å². The number of hydrogen-bond donors (Lipinski definition) is 1. The normalized spacial score (nSPS) is 24.1. The third kappa shape index (κ3) is 3.88. The van der Waals surface area contributed by atoms with Crippen molar-refractivity contribution in [1.82, 2.24) is 5.32 Å². The van der Waals surface area contributed by atoms with Gasteiger partial charge in [-0.1, -0.05) is 12.5 Å². The highest BCUT2D eigenvalue weighted by Crippen LogP contribution is 2.49. The molecule has 4 rings (SSSR count). The number of amides is 1. The molecule has 2 aliphatic carbocycles. The molecule has 1 aromatic heterocycles. The number of non-ortho nitro benzene ring substituents is 1. The smallest absolute Gasteiger partial charge is 0.287 e. The zero-order valence-electron chi connectivity index (χ0n) is 15.8. The zero-order chi connectivity index (χ0) is 19.7. The molecule has 0 aliphatic heterocycles. The van der Waals surface area contributed by atoms with Crippen molar-refractivity contribution in [2.24, 2.45) is 17.8 Å². The Bertz CT molecular complexity index is 877. The van der Waals surface area contributed by atoms with Gasteiger partial charge in [0.2, 0.25) is 0 Å². The highest BCUT2D eigenvalue weighted by molar-refractivity contribution is 5.91. The summed E-state index contributed by atoms with van der Waals surface area (Å²) in [5.74, 6) is 3.07. The fourth-order valence-corrected chi connectivity index (χ4v) is 4.71. The zero-order valence-corrected chi connectivity index (χ0v) is 15.8. The molecule has 0 radical (unpaired) electrons. The number of furan rings is 1. The van der Waals surface area contributed by atoms with Gasteiger partial charge in [-0.15, -0.1) is 0 Å². The van der Waals surface area contributed by atoms with Gasteiger partial charge in [0, 0.05) is 12.1 Å². The number of ether oxygens (including phenoxy) is 1. The standard InChI is InChI=1S/C21H24N2O5/c1-13(19-10-14-5-6-15(19)9-14)22-21(24)20-8-7-18(28-20)12-27-17-4-2-3-16(11-17)23(25)26/h2-4,7-8,11,13-15,19H,5-6,9-10,12H2,1H3,(H,22,24)/t13-,14+,15+,19-/m1/s1. The van der Waals surface area contributed by atoms with Gasteiger partial charge in [0.15, 0.2) is 5.76 Å². The lowest BCUT2D eigenvalue weighted by Crippen LogP contribution is -2.40. The van der Waals surface area contributed by atoms with Crippen LogP contribution < -0.4 is 10.1 Å². The maximum Gasteiger partial charge on any atom is 0.287 e. The van der Waals surface area contributed by atoms with Crippen molar-refractivity contribution in [1.29, 1.82) is 0 Å². The van der Waals surface area contributed by atoms with Crippen LogP contribution in [0.4, 0.5) is 5.69 Å². The predicted molar refractivity (Wildman–Crippen MR) is 102 cm³/mol. The average molecular weight is 384 g/mol. The van der Waals surface area contributed by atoms with Crippen LogP contribution in [0.3, 0.4) is 0 Å². The minimum absolute atomic E-state index is 0.0355. The number of nitrogens with one attached hydrogen (secondary N) is 1. The molecule has 0 saturated heterocycles. The first-order valence-corrected chi connectivity index (χ1v) is 9.76. The van der Waals surface area contributed by atoms with E-state index in [1.165, 1.54) is 37.8 Å². The molecule has 0 spiro atoms. The molecule has 1 aromatic carbocycles. The summed E-state index contributed by atoms with van der Waals surface area (Å²) in [5.41, 5.74) is -0.0355. The first kappa shape index (κ1) is 18.5. The summed E-state index contributed by atoms with van der Waals surface area (Å²) in [7, 11) is 0. The van der Waals surface area contributed by atoms with Crippen LogP contribution >= 0.6 is 0 Å². The lowest BCUT2D eigenvalue weighted by Gasteiger charge is -2.28. The first-order chi connectivity index (χ1) is 13.5. The second kappa shape index (κ2) is 7.66. The maximum absolute atomic E-state index is 12.5. The van der Waals surface area contributed by atoms with E-state index in [2.05, 4.69) is 12.2 Å². The molecule has 2 aromatic rings. The van der Waals surface area contributed by atoms with Crippen LogP contribution in [0.1, 0.15) is 48.9 Å². The number of carbonyl (C=O) groups excluding carboxylic acids is 1. The van der Waals surface area contributed by atoms with Crippen LogP contribution in [0, 0.1) is 27.9 Å². The summed E-state index contributed by atoms with van der Waals surface area (Å²) in [6.45, 7) is 2.18. The molecule has 2 aliphatic rings. The van der Waals surface area contributed by atoms with E-state index in [1.54, 1.807) is 24.3 Å². The summed E-state index contributed by atoms with van der Waals surface area (Å²) in [6, 6.07) is 9.42. The number of rotatable bonds is 7. The number of carbonyl (C=O) groups is 1. The highest BCUT2D eigenvalue weighted by atomic mass is 16.6. The van der Waals surface area contributed by atoms with Gasteiger partial charge in [0.25, 0.3) is 11.6 Å². The van der Waals surface area contributed by atoms with Crippen LogP contribution in [0.5, 0.6) is 5.75 Å². The van der Waals surface area contributed by atoms with Crippen molar-refractivity contribution in [3.63, 3.8) is 0 Å². The molecule has 7 nitrogen and oxygen atoms in total. The molecule has 2 bridgehead atoms. The second-order valence-corrected chi connectivity index (χ2v) is 7.91. The molecule has 1 heterocycles. The van der Waals surface area contributed by atoms with E-state index in [0.29, 0.717) is 17.4 Å². The minimum Gasteiger partial charge on any atom is -0.485 e. The fourth-order valence-electron chi connectivity index (χ4n) is 4.71. The largest absolute Gasteiger partial charge is 0.485 e. The Hall–Kier alpha value is -2.83. The van der Waals surface area contributed by atoms with Gasteiger partial charge in [-0.2, -0.15) is 0 Å². The SMILES string of the molecule is C[C@@H](NC(=O)c1ccc(COc2cccc([N+](=O)[O-])c2)o1)[C@H]1C[C@H]2CC[C@H]1C2. The van der Waals surface area contributed by atoms with Crippen LogP contribution in [0.25, 0.3) is 0 Å². The lowest BCUT2D eigenvalue weighted by molar-refractivity contribution is -0.384. The van der Waals surface area contributed by atoms with Crippen molar-refractivity contribution >= 4 is 11.6 Å². The van der Waals surface area contributed by atoms with E-state index in [-0.39, 0.29) is 30.0 Å². The van der Waals surface area contributed by atoms with Crippen molar-refractivity contribution in [2.75, 3.05) is 0 Å². The number of hydrogen-bond acceptors (Lipinski definition) is 5. The summed E-state index contributed by atoms with van der Waals surface area (Å²) < 4.78 is 11.1. The summed E-state index contributed by atoms with van der Waals surface area (Å²) in [5, 5.41) is 13.9. The number of fused-ring (bicyclic) bond motifs is 2. The van der Waals surface area contributed by atoms with Gasteiger partial charge < -0.3 is 14.5 Å². The molecular weight excluding hydrogens is 360 g/mol. The van der Waals surface area contributed by atoms with Crippen LogP contribution in [0.15, 0.2) is 40.8 Å². The third-order valence-electron chi connectivity index (χ3n) is 6.09. The maximum atomic E-state index is 12.5. The molecule has 2 saturated carbocycles. The van der Waals surface area contributed by atoms with E-state index < -0.39 is 4.92 Å². The molecule has 28 heavy (non-hydrogen) atoms. The van der Waals surface area contributed by atoms with Gasteiger partial charge in [0.05, 0.1) is 11.0 Å². The van der Waals surface area contributed by atoms with Crippen LogP contribution in [-0.4, -0.2) is 16.9 Å². The number of nitro groups is 1. The number of nitrogens with zero attached hydrogens (tertiary/aromatic N) is 1. The molecule has 2 fully saturated rings. The molecule has 148 valence electrons. The second-order valence-electron chi connectivity index (χ2n) is 7.91. The Morgan fingerprint density at radius 3 is 2.89 bits per heavy atom. The van der Waals surface area contributed by atoms with Crippen LogP contribution in [-0.2, 0) is 6.61 Å². The van der Waals surface area contributed by atoms with Gasteiger partial charge in [-0.25, -0.2) is 0 Å². The van der Waals surface area contributed by atoms with E-state index in [9.17, 15) is 14.9 Å². The molecule has 4 atom stereocenters. The lowest BCUT2D eigenvalue weighted by atomic mass is 9.84. The van der Waals surface area contributed by atoms with E-state index in [4.69, 9.17) is 9.15 Å². The summed E-state index contributed by atoms with van der Waals surface area (Å²) in [4.78, 5) is 22.8. The van der Waals surface area contributed by atoms with Gasteiger partial charge >= 0.3 is 0 Å². The van der Waals surface area contributed by atoms with Crippen molar-refractivity contribution in [3.8, 4) is 5.75 Å². The van der Waals surface area contributed by atoms with Crippen LogP contribution in [0.2, 0.25) is 0 Å². The number of nitro benzene ring substituents is 1. The molecule has 7 heteroatoms. The molecule has 1 amide bonds. The topological polar surface area (TPSA) is 94.6 Å². The Balaban J connectivity index is 1.31. The first-order valence-electron chi connectivity index (χ1n) is 9.76. The van der Waals surface area contributed by atoms with Crippen molar-refractivity contribution in [3.05, 3.63) is 58.0 Å². The van der Waals surface area contributed by atoms with Gasteiger partial charge in [-0.05, 0) is 62.1 Å². The average Bonchev–Trinajstić information content (AvgIpc) is 3.43. The Morgan fingerprint density at radius 1 is 1.32 bits per heavy atom. The highest BCUT2D eigenvalue weighted by Gasteiger charge is 2.42. The third-order valence-corrected chi connectivity index (χ3v) is 6.09. The van der Waals surface area contributed by atoms with E-state index >= 15 is 0 Å². The molecule has 0 unspecified atom stereocenters. The Kier molecular flexibility index (Phi) is 5.07. The van der Waals surface area contributed by atoms with Crippen molar-refractivity contribution < 1.29 is 18.9 Å². The number of benzene rings is 1. The van der Waals surface area contributed by atoms with Gasteiger partial charge in [0.1, 0.15) is 18.1 Å². The summed E-state index contributed by atoms with van der Waals surface area (Å²) >= 11 is 0. The van der Waals surface area contributed by atoms with E-state index in [1.807, 2.05) is 0 Å². The quantitative estimate of drug-likeness (QED) is 0.567.